The molecule has 0 saturated heterocycles. The lowest BCUT2D eigenvalue weighted by atomic mass is 9.98. The van der Waals surface area contributed by atoms with Gasteiger partial charge in [-0.05, 0) is 82.2 Å². The first-order valence-corrected chi connectivity index (χ1v) is 16.7. The number of alkyl halides is 6. The van der Waals surface area contributed by atoms with E-state index in [1.165, 1.54) is 17.0 Å². The normalized spacial score (nSPS) is 13.5. The maximum atomic E-state index is 14.3. The smallest absolute Gasteiger partial charge is 0.310 e. The molecule has 55 heavy (non-hydrogen) atoms. The Labute approximate surface area is 316 Å². The SMILES string of the molecule is [2H]c1c([2H])c([2H])c(N(c2cccc(-c3nnc(C(F)(F)F)c4cc5ccccc5cc34)c2)c2cccc(-c3nnc(C(F)(F)F)c4cc5ccccc5cc34)c2)c([2H])c1[2H]. The van der Waals surface area contributed by atoms with Crippen LogP contribution in [0, 0.1) is 0 Å². The minimum atomic E-state index is -4.83. The fourth-order valence-electron chi connectivity index (χ4n) is 6.87. The molecule has 7 aromatic carbocycles. The summed E-state index contributed by atoms with van der Waals surface area (Å²) in [5.41, 5.74) is -1.48. The van der Waals surface area contributed by atoms with Crippen LogP contribution in [-0.4, -0.2) is 20.4 Å². The van der Waals surface area contributed by atoms with Crippen LogP contribution in [0.15, 0.2) is 152 Å². The first kappa shape index (κ1) is 28.6. The maximum Gasteiger partial charge on any atom is 0.435 e. The average molecular weight is 743 g/mol. The molecule has 9 rings (SSSR count). The number of fused-ring (bicyclic) bond motifs is 4. The second kappa shape index (κ2) is 12.9. The largest absolute Gasteiger partial charge is 0.435 e. The van der Waals surface area contributed by atoms with Crippen LogP contribution in [0.3, 0.4) is 0 Å². The first-order chi connectivity index (χ1) is 28.6. The summed E-state index contributed by atoms with van der Waals surface area (Å²) < 4.78 is 129. The number of anilines is 3. The maximum absolute atomic E-state index is 14.3. The van der Waals surface area contributed by atoms with E-state index in [-0.39, 0.29) is 61.1 Å². The van der Waals surface area contributed by atoms with Gasteiger partial charge in [-0.25, -0.2) is 0 Å². The van der Waals surface area contributed by atoms with Crippen LogP contribution in [-0.2, 0) is 12.4 Å². The second-order valence-corrected chi connectivity index (χ2v) is 12.7. The van der Waals surface area contributed by atoms with Gasteiger partial charge in [0.15, 0.2) is 11.4 Å². The van der Waals surface area contributed by atoms with Crippen LogP contribution < -0.4 is 4.90 Å². The van der Waals surface area contributed by atoms with Gasteiger partial charge in [0.2, 0.25) is 0 Å². The van der Waals surface area contributed by atoms with Gasteiger partial charge >= 0.3 is 12.4 Å². The highest BCUT2D eigenvalue weighted by Gasteiger charge is 2.37. The molecule has 268 valence electrons. The number of nitrogens with zero attached hydrogens (tertiary/aromatic N) is 5. The van der Waals surface area contributed by atoms with E-state index in [1.54, 1.807) is 109 Å². The predicted octanol–water partition coefficient (Wildman–Crippen LogP) is 12.7. The number of rotatable bonds is 5. The van der Waals surface area contributed by atoms with Crippen LogP contribution >= 0.6 is 0 Å². The molecule has 0 saturated carbocycles. The zero-order valence-corrected chi connectivity index (χ0v) is 28.1. The van der Waals surface area contributed by atoms with Gasteiger partial charge < -0.3 is 4.90 Å². The molecule has 2 aromatic heterocycles. The molecule has 0 fully saturated rings. The number of halogens is 6. The number of benzene rings is 7. The van der Waals surface area contributed by atoms with E-state index in [0.29, 0.717) is 21.5 Å². The van der Waals surface area contributed by atoms with Crippen molar-refractivity contribution in [2.45, 2.75) is 12.4 Å². The number of hydrogen-bond donors (Lipinski definition) is 0. The molecule has 0 amide bonds. The monoisotopic (exact) mass is 742 g/mol. The molecule has 5 nitrogen and oxygen atoms in total. The van der Waals surface area contributed by atoms with Gasteiger partial charge in [0.1, 0.15) is 11.4 Å². The lowest BCUT2D eigenvalue weighted by molar-refractivity contribution is -0.141. The molecule has 9 aromatic rings. The van der Waals surface area contributed by atoms with Gasteiger partial charge in [-0.2, -0.15) is 26.3 Å². The molecule has 2 heterocycles. The van der Waals surface area contributed by atoms with Crippen LogP contribution in [0.25, 0.3) is 65.6 Å². The molecule has 0 bridgehead atoms. The van der Waals surface area contributed by atoms with Crippen LogP contribution in [0.1, 0.15) is 18.2 Å². The van der Waals surface area contributed by atoms with Crippen molar-refractivity contribution in [3.63, 3.8) is 0 Å². The molecular weight excluding hydrogens is 713 g/mol. The molecular formula is C44H25F6N5. The van der Waals surface area contributed by atoms with Gasteiger partial charge in [-0.15, -0.1) is 20.4 Å². The van der Waals surface area contributed by atoms with Crippen molar-refractivity contribution in [3.05, 3.63) is 163 Å². The molecule has 11 heteroatoms. The quantitative estimate of drug-likeness (QED) is 0.130. The van der Waals surface area contributed by atoms with Crippen molar-refractivity contribution >= 4 is 60.2 Å². The van der Waals surface area contributed by atoms with Crippen molar-refractivity contribution in [1.29, 1.82) is 0 Å². The Bertz CT molecular complexity index is 3020. The summed E-state index contributed by atoms with van der Waals surface area (Å²) in [5, 5.41) is 17.7. The Morgan fingerprint density at radius 3 is 1.22 bits per heavy atom. The highest BCUT2D eigenvalue weighted by molar-refractivity contribution is 6.06. The summed E-state index contributed by atoms with van der Waals surface area (Å²) in [7, 11) is 0. The fourth-order valence-corrected chi connectivity index (χ4v) is 6.87. The predicted molar refractivity (Wildman–Crippen MR) is 203 cm³/mol. The molecule has 0 atom stereocenters. The van der Waals surface area contributed by atoms with Gasteiger partial charge in [-0.1, -0.05) is 90.9 Å². The summed E-state index contributed by atoms with van der Waals surface area (Å²) in [6, 6.07) is 29.3. The molecule has 0 N–H and O–H groups in total. The average Bonchev–Trinajstić information content (AvgIpc) is 3.23. The standard InChI is InChI=1S/C44H25F6N5/c45-43(46,47)41-37-24-28-12-6-4-10-26(28)22-35(37)39(51-53-41)30-14-8-18-33(20-30)55(32-16-2-1-3-17-32)34-19-9-15-31(21-34)40-36-23-27-11-5-7-13-29(27)25-38(36)42(54-52-40)44(48,49)50/h1-25H/i1D,2D,3D,16D,17D. The number of hydrogen-bond acceptors (Lipinski definition) is 5. The number of aromatic nitrogens is 4. The van der Waals surface area contributed by atoms with Gasteiger partial charge in [-0.3, -0.25) is 0 Å². The van der Waals surface area contributed by atoms with Crippen molar-refractivity contribution in [2.75, 3.05) is 4.90 Å². The minimum absolute atomic E-state index is 0.0825. The summed E-state index contributed by atoms with van der Waals surface area (Å²) >= 11 is 0. The summed E-state index contributed by atoms with van der Waals surface area (Å²) in [5.74, 6) is 0. The minimum Gasteiger partial charge on any atom is -0.310 e. The Kier molecular flexibility index (Phi) is 6.71. The van der Waals surface area contributed by atoms with Crippen molar-refractivity contribution in [1.82, 2.24) is 20.4 Å². The molecule has 0 aliphatic heterocycles. The molecule has 0 unspecified atom stereocenters. The topological polar surface area (TPSA) is 54.8 Å². The van der Waals surface area contributed by atoms with Crippen molar-refractivity contribution in [3.8, 4) is 22.5 Å². The van der Waals surface area contributed by atoms with Crippen molar-refractivity contribution in [2.24, 2.45) is 0 Å². The Balaban J connectivity index is 1.28. The third-order valence-electron chi connectivity index (χ3n) is 9.30. The van der Waals surface area contributed by atoms with E-state index in [4.69, 9.17) is 6.85 Å². The second-order valence-electron chi connectivity index (χ2n) is 12.7. The van der Waals surface area contributed by atoms with E-state index < -0.39 is 54.0 Å². The molecule has 0 spiro atoms. The molecule has 0 aliphatic carbocycles. The highest BCUT2D eigenvalue weighted by atomic mass is 19.4. The summed E-state index contributed by atoms with van der Waals surface area (Å²) in [6.45, 7) is 0. The van der Waals surface area contributed by atoms with Crippen LogP contribution in [0.2, 0.25) is 0 Å². The molecule has 0 aliphatic rings. The van der Waals surface area contributed by atoms with Crippen LogP contribution in [0.5, 0.6) is 0 Å². The van der Waals surface area contributed by atoms with Gasteiger partial charge in [0.25, 0.3) is 0 Å². The zero-order chi connectivity index (χ0) is 42.2. The summed E-state index contributed by atoms with van der Waals surface area (Å²) in [4.78, 5) is 1.37. The van der Waals surface area contributed by atoms with Crippen molar-refractivity contribution < 1.29 is 33.2 Å². The van der Waals surface area contributed by atoms with Gasteiger partial charge in [0, 0.05) is 49.7 Å². The highest BCUT2D eigenvalue weighted by Crippen LogP contribution is 2.43. The van der Waals surface area contributed by atoms with Crippen LogP contribution in [0.4, 0.5) is 43.4 Å². The summed E-state index contributed by atoms with van der Waals surface area (Å²) in [6.07, 6.45) is -9.65. The number of para-hydroxylation sites is 1. The van der Waals surface area contributed by atoms with E-state index in [0.717, 1.165) is 0 Å². The van der Waals surface area contributed by atoms with E-state index in [1.807, 2.05) is 0 Å². The van der Waals surface area contributed by atoms with E-state index in [2.05, 4.69) is 20.4 Å². The molecule has 0 radical (unpaired) electrons. The lowest BCUT2D eigenvalue weighted by Gasteiger charge is -2.26. The lowest BCUT2D eigenvalue weighted by Crippen LogP contribution is -2.12. The Hall–Kier alpha value is -6.88. The van der Waals surface area contributed by atoms with E-state index in [9.17, 15) is 26.3 Å². The Morgan fingerprint density at radius 2 is 0.818 bits per heavy atom. The van der Waals surface area contributed by atoms with Gasteiger partial charge in [0.05, 0.1) is 6.85 Å². The zero-order valence-electron chi connectivity index (χ0n) is 33.1. The first-order valence-electron chi connectivity index (χ1n) is 19.2. The van der Waals surface area contributed by atoms with E-state index >= 15 is 0 Å². The third-order valence-corrected chi connectivity index (χ3v) is 9.30. The fraction of sp³-hybridized carbons (Fsp3) is 0.0455. The Morgan fingerprint density at radius 1 is 0.418 bits per heavy atom. The third kappa shape index (κ3) is 6.13.